The first-order chi connectivity index (χ1) is 6.88. The van der Waals surface area contributed by atoms with Crippen molar-refractivity contribution in [2.45, 2.75) is 13.0 Å². The summed E-state index contributed by atoms with van der Waals surface area (Å²) in [7, 11) is 0. The zero-order valence-electron chi connectivity index (χ0n) is 8.50. The Kier molecular flexibility index (Phi) is 6.23. The summed E-state index contributed by atoms with van der Waals surface area (Å²) >= 11 is 6.56. The Morgan fingerprint density at radius 1 is 1.73 bits per heavy atom. The first-order valence-electron chi connectivity index (χ1n) is 4.01. The van der Waals surface area contributed by atoms with E-state index in [1.807, 2.05) is 0 Å². The largest absolute Gasteiger partial charge is 0.323 e. The summed E-state index contributed by atoms with van der Waals surface area (Å²) in [5.74, 6) is -0.536. The molecule has 0 aromatic heterocycles. The van der Waals surface area contributed by atoms with Gasteiger partial charge in [0.25, 0.3) is 5.91 Å². The van der Waals surface area contributed by atoms with Crippen molar-refractivity contribution in [3.8, 4) is 0 Å². The molecule has 1 unspecified atom stereocenters. The molecule has 0 bridgehead atoms. The minimum atomic E-state index is -0.574. The fraction of sp³-hybridized carbons (Fsp3) is 0.375. The predicted octanol–water partition coefficient (Wildman–Crippen LogP) is 0.899. The molecule has 1 amide bonds. The smallest absolute Gasteiger partial charge is 0.273 e. The van der Waals surface area contributed by atoms with Gasteiger partial charge in [0.2, 0.25) is 0 Å². The number of aliphatic imine (C=N–C) groups is 1. The molecule has 0 fully saturated rings. The van der Waals surface area contributed by atoms with E-state index in [4.69, 9.17) is 22.7 Å². The van der Waals surface area contributed by atoms with Crippen molar-refractivity contribution >= 4 is 40.1 Å². The van der Waals surface area contributed by atoms with Crippen LogP contribution in [0.1, 0.15) is 6.92 Å². The number of halogens is 1. The molecule has 0 saturated carbocycles. The molecule has 0 saturated heterocycles. The Hall–Kier alpha value is -0.850. The van der Waals surface area contributed by atoms with Gasteiger partial charge in [-0.25, -0.2) is 4.99 Å². The number of nitrogens with two attached hydrogens (primary N) is 1. The summed E-state index contributed by atoms with van der Waals surface area (Å²) in [6, 6.07) is -0.574. The van der Waals surface area contributed by atoms with Gasteiger partial charge in [0.05, 0.1) is 0 Å². The van der Waals surface area contributed by atoms with E-state index in [2.05, 4.69) is 16.9 Å². The highest BCUT2D eigenvalue weighted by Crippen LogP contribution is 2.01. The van der Waals surface area contributed by atoms with Gasteiger partial charge < -0.3 is 11.1 Å². The van der Waals surface area contributed by atoms with Crippen molar-refractivity contribution in [3.05, 3.63) is 11.7 Å². The van der Waals surface area contributed by atoms with Gasteiger partial charge in [-0.15, -0.1) is 0 Å². The second kappa shape index (κ2) is 6.60. The molecule has 0 aliphatic carbocycles. The zero-order valence-corrected chi connectivity index (χ0v) is 10.1. The second-order valence-electron chi connectivity index (χ2n) is 2.65. The number of thioether (sulfide) groups is 1. The maximum Gasteiger partial charge on any atom is 0.273 e. The highest BCUT2D eigenvalue weighted by molar-refractivity contribution is 8.13. The third kappa shape index (κ3) is 5.56. The number of hydrogen-bond donors (Lipinski definition) is 3. The van der Waals surface area contributed by atoms with E-state index in [0.717, 1.165) is 11.8 Å². The van der Waals surface area contributed by atoms with E-state index in [1.54, 1.807) is 13.2 Å². The van der Waals surface area contributed by atoms with Gasteiger partial charge in [-0.2, -0.15) is 0 Å². The summed E-state index contributed by atoms with van der Waals surface area (Å²) in [4.78, 5) is 15.2. The maximum absolute atomic E-state index is 11.5. The summed E-state index contributed by atoms with van der Waals surface area (Å²) in [5, 5.41) is 9.58. The normalized spacial score (nSPS) is 13.2. The maximum atomic E-state index is 11.5. The number of carbonyl (C=O) groups is 1. The van der Waals surface area contributed by atoms with Crippen LogP contribution in [0.5, 0.6) is 0 Å². The minimum Gasteiger partial charge on any atom is -0.323 e. The fourth-order valence-electron chi connectivity index (χ4n) is 0.708. The quantitative estimate of drug-likeness (QED) is 0.394. The highest BCUT2D eigenvalue weighted by atomic mass is 35.5. The molecule has 0 aromatic carbocycles. The van der Waals surface area contributed by atoms with E-state index in [9.17, 15) is 4.79 Å². The molecule has 5 nitrogen and oxygen atoms in total. The lowest BCUT2D eigenvalue weighted by molar-refractivity contribution is -0.113. The summed E-state index contributed by atoms with van der Waals surface area (Å²) in [5.41, 5.74) is 5.58. The van der Waals surface area contributed by atoms with Gasteiger partial charge in [-0.1, -0.05) is 29.9 Å². The van der Waals surface area contributed by atoms with Gasteiger partial charge in [-0.3, -0.25) is 10.2 Å². The average molecular weight is 249 g/mol. The van der Waals surface area contributed by atoms with Crippen molar-refractivity contribution < 1.29 is 4.79 Å². The topological polar surface area (TPSA) is 91.3 Å². The Morgan fingerprint density at radius 2 is 2.27 bits per heavy atom. The minimum absolute atomic E-state index is 0.0202. The number of nitrogens with one attached hydrogen (secondary N) is 2. The summed E-state index contributed by atoms with van der Waals surface area (Å²) in [6.45, 7) is 4.94. The first kappa shape index (κ1) is 14.2. The third-order valence-corrected chi connectivity index (χ3v) is 1.93. The Bertz CT molecular complexity index is 314. The predicted molar refractivity (Wildman–Crippen MR) is 65.5 cm³/mol. The monoisotopic (exact) mass is 248 g/mol. The molecule has 1 atom stereocenters. The molecular formula is C8H13ClN4OS. The molecular weight excluding hydrogens is 236 g/mol. The Morgan fingerprint density at radius 3 is 2.60 bits per heavy atom. The van der Waals surface area contributed by atoms with Crippen LogP contribution < -0.4 is 11.1 Å². The van der Waals surface area contributed by atoms with Crippen LogP contribution in [0, 0.1) is 5.41 Å². The van der Waals surface area contributed by atoms with Crippen LogP contribution in [0.25, 0.3) is 0 Å². The van der Waals surface area contributed by atoms with Crippen molar-refractivity contribution in [2.24, 2.45) is 10.7 Å². The molecule has 0 heterocycles. The SMILES string of the molecule is C=C(Cl)N=C(C(=O)NC(=N)SC)C(C)N. The van der Waals surface area contributed by atoms with Crippen molar-refractivity contribution in [1.82, 2.24) is 5.32 Å². The number of rotatable bonds is 3. The van der Waals surface area contributed by atoms with Gasteiger partial charge in [-0.05, 0) is 13.2 Å². The van der Waals surface area contributed by atoms with E-state index >= 15 is 0 Å². The third-order valence-electron chi connectivity index (χ3n) is 1.34. The molecule has 0 aromatic rings. The van der Waals surface area contributed by atoms with Gasteiger partial charge in [0.1, 0.15) is 10.9 Å². The molecule has 0 aliphatic heterocycles. The average Bonchev–Trinajstić information content (AvgIpc) is 2.12. The van der Waals surface area contributed by atoms with E-state index in [1.165, 1.54) is 0 Å². The van der Waals surface area contributed by atoms with E-state index in [-0.39, 0.29) is 16.0 Å². The van der Waals surface area contributed by atoms with Crippen LogP contribution in [0.3, 0.4) is 0 Å². The van der Waals surface area contributed by atoms with Gasteiger partial charge in [0, 0.05) is 6.04 Å². The van der Waals surface area contributed by atoms with E-state index < -0.39 is 11.9 Å². The van der Waals surface area contributed by atoms with Gasteiger partial charge >= 0.3 is 0 Å². The summed E-state index contributed by atoms with van der Waals surface area (Å²) in [6.07, 6.45) is 1.67. The number of hydrogen-bond acceptors (Lipinski definition) is 5. The lowest BCUT2D eigenvalue weighted by Crippen LogP contribution is -2.42. The molecule has 84 valence electrons. The number of amides is 1. The van der Waals surface area contributed by atoms with Crippen LogP contribution in [-0.2, 0) is 4.79 Å². The van der Waals surface area contributed by atoms with Crippen molar-refractivity contribution in [2.75, 3.05) is 6.26 Å². The van der Waals surface area contributed by atoms with Gasteiger partial charge in [0.15, 0.2) is 5.17 Å². The number of carbonyl (C=O) groups excluding carboxylic acids is 1. The Labute approximate surface area is 97.7 Å². The van der Waals surface area contributed by atoms with Crippen LogP contribution in [0.4, 0.5) is 0 Å². The lowest BCUT2D eigenvalue weighted by Gasteiger charge is -2.09. The molecule has 4 N–H and O–H groups in total. The molecule has 15 heavy (non-hydrogen) atoms. The standard InChI is InChI=1S/C8H13ClN4OS/c1-4(10)6(12-5(2)9)7(14)13-8(11)15-3/h4H,2,10H2,1,3H3,(H2,11,13,14). The summed E-state index contributed by atoms with van der Waals surface area (Å²) < 4.78 is 0. The molecule has 7 heteroatoms. The molecule has 0 aliphatic rings. The van der Waals surface area contributed by atoms with Crippen molar-refractivity contribution in [3.63, 3.8) is 0 Å². The number of nitrogens with zero attached hydrogens (tertiary/aromatic N) is 1. The zero-order chi connectivity index (χ0) is 12.0. The molecule has 0 rings (SSSR count). The molecule has 0 radical (unpaired) electrons. The second-order valence-corrected chi connectivity index (χ2v) is 3.90. The van der Waals surface area contributed by atoms with Crippen LogP contribution in [-0.4, -0.2) is 29.1 Å². The first-order valence-corrected chi connectivity index (χ1v) is 5.61. The fourth-order valence-corrected chi connectivity index (χ4v) is 0.994. The van der Waals surface area contributed by atoms with E-state index in [0.29, 0.717) is 0 Å². The highest BCUT2D eigenvalue weighted by Gasteiger charge is 2.16. The number of amidine groups is 1. The van der Waals surface area contributed by atoms with Crippen LogP contribution in [0.2, 0.25) is 0 Å². The van der Waals surface area contributed by atoms with Crippen LogP contribution >= 0.6 is 23.4 Å². The lowest BCUT2D eigenvalue weighted by atomic mass is 10.2. The molecule has 0 spiro atoms. The van der Waals surface area contributed by atoms with Crippen molar-refractivity contribution in [1.29, 1.82) is 5.41 Å². The Balaban J connectivity index is 4.73. The van der Waals surface area contributed by atoms with Crippen LogP contribution in [0.15, 0.2) is 16.7 Å².